The summed E-state index contributed by atoms with van der Waals surface area (Å²) in [6.07, 6.45) is -6.91. The second-order valence-electron chi connectivity index (χ2n) is 23.4. The van der Waals surface area contributed by atoms with E-state index in [1.54, 1.807) is 0 Å². The summed E-state index contributed by atoms with van der Waals surface area (Å²) in [5.41, 5.74) is 5.48. The van der Waals surface area contributed by atoms with Gasteiger partial charge in [0.1, 0.15) is 49.3 Å². The molecule has 0 bridgehead atoms. The highest BCUT2D eigenvalue weighted by Crippen LogP contribution is 2.44. The average molecular weight is 1240 g/mol. The first-order valence-corrected chi connectivity index (χ1v) is 34.2. The lowest BCUT2D eigenvalue weighted by molar-refractivity contribution is -0.398. The zero-order chi connectivity index (χ0) is 61.8. The summed E-state index contributed by atoms with van der Waals surface area (Å²) in [6.45, 7) is 7.14. The Morgan fingerprint density at radius 3 is 1.24 bits per heavy atom. The first-order valence-electron chi connectivity index (χ1n) is 30.4. The second-order valence-corrected chi connectivity index (χ2v) is 29.4. The molecule has 0 N–H and O–H groups in total. The zero-order valence-corrected chi connectivity index (χ0v) is 52.9. The molecule has 0 aliphatic carbocycles. The van der Waals surface area contributed by atoms with Crippen molar-refractivity contribution in [2.75, 3.05) is 39.3 Å². The fourth-order valence-electron chi connectivity index (χ4n) is 11.6. The summed E-state index contributed by atoms with van der Waals surface area (Å²) in [4.78, 5) is 0. The molecule has 0 aromatic heterocycles. The third-order valence-electron chi connectivity index (χ3n) is 15.9. The molecule has 9 atom stereocenters. The van der Waals surface area contributed by atoms with E-state index < -0.39 is 78.3 Å². The van der Waals surface area contributed by atoms with E-state index in [0.717, 1.165) is 50.0 Å². The van der Waals surface area contributed by atoms with E-state index in [0.29, 0.717) is 0 Å². The number of hydrogen-bond acceptors (Lipinski definition) is 14. The van der Waals surface area contributed by atoms with Crippen LogP contribution in [-0.4, -0.2) is 111 Å². The zero-order valence-electron chi connectivity index (χ0n) is 51.1. The third-order valence-corrected chi connectivity index (χ3v) is 21.5. The van der Waals surface area contributed by atoms with Crippen LogP contribution in [0.2, 0.25) is 5.04 Å². The van der Waals surface area contributed by atoms with Gasteiger partial charge in [-0.3, -0.25) is 4.18 Å². The quantitative estimate of drug-likeness (QED) is 0.0224. The number of rotatable bonds is 32. The monoisotopic (exact) mass is 1240 g/mol. The molecule has 89 heavy (non-hydrogen) atoms. The summed E-state index contributed by atoms with van der Waals surface area (Å²) in [6, 6.07) is 80.5. The van der Waals surface area contributed by atoms with Crippen molar-refractivity contribution in [3.8, 4) is 0 Å². The van der Waals surface area contributed by atoms with E-state index in [4.69, 9.17) is 56.0 Å². The minimum absolute atomic E-state index is 0.0470. The van der Waals surface area contributed by atoms with Gasteiger partial charge in [-0.1, -0.05) is 263 Å². The van der Waals surface area contributed by atoms with Crippen LogP contribution in [0.3, 0.4) is 0 Å². The van der Waals surface area contributed by atoms with E-state index in [9.17, 15) is 8.42 Å². The molecule has 8 aromatic carbocycles. The van der Waals surface area contributed by atoms with Gasteiger partial charge in [-0.2, -0.15) is 8.42 Å². The largest absolute Gasteiger partial charge is 0.405 e. The molecule has 2 heterocycles. The molecule has 8 aromatic rings. The molecule has 2 saturated heterocycles. The molecule has 2 aliphatic heterocycles. The first kappa shape index (κ1) is 65.4. The van der Waals surface area contributed by atoms with Crippen LogP contribution < -0.4 is 10.4 Å². The maximum atomic E-state index is 12.2. The Balaban J connectivity index is 1.12. The standard InChI is InChI=1S/C73H82O14SSi/c1-72(2,3)89(62-41-25-11-26-42-62,63-43-27-12-28-44-63)84-54-65-67(79-49-58-33-17-7-18-34-58)70(82-52-61-39-23-10-24-40-61)73(86-65,55-77-47-56-29-13-5-14-30-56)87-71-69(81-51-60-37-21-9-22-38-60)68(80-50-59-35-19-8-20-36-59)66(78-48-57-31-15-6-16-32-57)64(85-71)53-76-45-46-83-88(4,74)75/h5-44,64-71H,45-55H2,1-4H3/t64-,65-,66-,67-,68+,69-,70+,71-,73+/m1/s1. The molecular formula is C73H82O14SSi. The van der Waals surface area contributed by atoms with Gasteiger partial charge in [0, 0.05) is 0 Å². The normalized spacial score (nSPS) is 22.2. The molecule has 0 saturated carbocycles. The molecule has 0 amide bonds. The SMILES string of the molecule is CC(C)(C)[Si](OC[C@H]1O[C@@](COCc2ccccc2)(O[C@H]2O[C@H](COCCOS(C)(=O)=O)[C@@H](OCc3ccccc3)[C@H](OCc3ccccc3)[C@H]2OCc2ccccc2)[C@@H](OCc2ccccc2)[C@@H]1OCc1ccccc1)(c1ccccc1)c1ccccc1. The second kappa shape index (κ2) is 31.9. The number of hydrogen-bond donors (Lipinski definition) is 0. The Kier molecular flexibility index (Phi) is 23.5. The van der Waals surface area contributed by atoms with Gasteiger partial charge in [-0.05, 0) is 48.8 Å². The topological polar surface area (TPSA) is 145 Å². The van der Waals surface area contributed by atoms with E-state index in [1.807, 2.05) is 194 Å². The van der Waals surface area contributed by atoms with E-state index in [2.05, 4.69) is 69.3 Å². The van der Waals surface area contributed by atoms with E-state index >= 15 is 0 Å². The van der Waals surface area contributed by atoms with Gasteiger partial charge < -0.3 is 51.8 Å². The van der Waals surface area contributed by atoms with Crippen molar-refractivity contribution >= 4 is 28.8 Å². The van der Waals surface area contributed by atoms with Crippen LogP contribution in [-0.2, 0) is 106 Å². The Morgan fingerprint density at radius 2 is 0.809 bits per heavy atom. The Morgan fingerprint density at radius 1 is 0.427 bits per heavy atom. The molecule has 10 rings (SSSR count). The van der Waals surface area contributed by atoms with Gasteiger partial charge in [-0.15, -0.1) is 0 Å². The van der Waals surface area contributed by atoms with Gasteiger partial charge in [0.2, 0.25) is 5.79 Å². The maximum Gasteiger partial charge on any atom is 0.264 e. The lowest BCUT2D eigenvalue weighted by Crippen LogP contribution is -2.67. The van der Waals surface area contributed by atoms with E-state index in [1.165, 1.54) is 0 Å². The van der Waals surface area contributed by atoms with Gasteiger partial charge in [-0.25, -0.2) is 0 Å². The fraction of sp³-hybridized carbons (Fsp3) is 0.342. The van der Waals surface area contributed by atoms with Crippen LogP contribution in [0.25, 0.3) is 0 Å². The number of ether oxygens (including phenoxy) is 10. The number of benzene rings is 8. The van der Waals surface area contributed by atoms with Gasteiger partial charge in [0.25, 0.3) is 18.4 Å². The summed E-state index contributed by atoms with van der Waals surface area (Å²) >= 11 is 0. The van der Waals surface area contributed by atoms with Gasteiger partial charge >= 0.3 is 0 Å². The van der Waals surface area contributed by atoms with Crippen LogP contribution in [0, 0.1) is 0 Å². The highest BCUT2D eigenvalue weighted by molar-refractivity contribution is 7.86. The predicted octanol–water partition coefficient (Wildman–Crippen LogP) is 11.5. The van der Waals surface area contributed by atoms with Crippen molar-refractivity contribution in [1.82, 2.24) is 0 Å². The molecule has 16 heteroatoms. The first-order chi connectivity index (χ1) is 43.4. The summed E-state index contributed by atoms with van der Waals surface area (Å²) in [5.74, 6) is -1.86. The van der Waals surface area contributed by atoms with Crippen molar-refractivity contribution in [2.24, 2.45) is 0 Å². The molecule has 0 unspecified atom stereocenters. The maximum absolute atomic E-state index is 12.2. The molecular weight excluding hydrogens is 1160 g/mol. The van der Waals surface area contributed by atoms with Crippen LogP contribution in [0.15, 0.2) is 243 Å². The van der Waals surface area contributed by atoms with Crippen molar-refractivity contribution in [3.63, 3.8) is 0 Å². The minimum atomic E-state index is -3.77. The summed E-state index contributed by atoms with van der Waals surface area (Å²) in [5, 5.41) is 1.80. The smallest absolute Gasteiger partial charge is 0.264 e. The molecule has 0 radical (unpaired) electrons. The third kappa shape index (κ3) is 17.9. The lowest BCUT2D eigenvalue weighted by atomic mass is 9.97. The minimum Gasteiger partial charge on any atom is -0.405 e. The molecule has 2 aliphatic rings. The summed E-state index contributed by atoms with van der Waals surface area (Å²) < 4.78 is 109. The van der Waals surface area contributed by atoms with Crippen molar-refractivity contribution in [3.05, 3.63) is 276 Å². The predicted molar refractivity (Wildman–Crippen MR) is 344 cm³/mol. The summed E-state index contributed by atoms with van der Waals surface area (Å²) in [7, 11) is -7.01. The molecule has 468 valence electrons. The lowest BCUT2D eigenvalue weighted by Gasteiger charge is -2.48. The van der Waals surface area contributed by atoms with Crippen LogP contribution in [0.1, 0.15) is 54.2 Å². The molecule has 2 fully saturated rings. The van der Waals surface area contributed by atoms with Gasteiger partial charge in [0.05, 0.1) is 72.3 Å². The molecule has 0 spiro atoms. The molecule has 14 nitrogen and oxygen atoms in total. The van der Waals surface area contributed by atoms with Gasteiger partial charge in [0.15, 0.2) is 6.29 Å². The Bertz CT molecular complexity index is 3370. The highest BCUT2D eigenvalue weighted by atomic mass is 32.2. The van der Waals surface area contributed by atoms with Crippen LogP contribution in [0.5, 0.6) is 0 Å². The van der Waals surface area contributed by atoms with Crippen LogP contribution >= 0.6 is 0 Å². The van der Waals surface area contributed by atoms with Crippen molar-refractivity contribution in [2.45, 2.75) is 120 Å². The Labute approximate surface area is 526 Å². The average Bonchev–Trinajstić information content (AvgIpc) is 1.90. The Hall–Kier alpha value is -6.55. The highest BCUT2D eigenvalue weighted by Gasteiger charge is 2.63. The van der Waals surface area contributed by atoms with E-state index in [-0.39, 0.29) is 72.7 Å². The van der Waals surface area contributed by atoms with Crippen LogP contribution in [0.4, 0.5) is 0 Å². The van der Waals surface area contributed by atoms with Crippen molar-refractivity contribution < 1.29 is 64.4 Å². The van der Waals surface area contributed by atoms with Crippen molar-refractivity contribution in [1.29, 1.82) is 0 Å². The fourth-order valence-corrected chi connectivity index (χ4v) is 16.6.